The Morgan fingerprint density at radius 2 is 2.07 bits per heavy atom. The van der Waals surface area contributed by atoms with Crippen LogP contribution in [0.2, 0.25) is 0 Å². The van der Waals surface area contributed by atoms with Crippen molar-refractivity contribution in [3.8, 4) is 0 Å². The Kier molecular flexibility index (Phi) is 3.21. The summed E-state index contributed by atoms with van der Waals surface area (Å²) in [5.41, 5.74) is 4.50. The maximum Gasteiger partial charge on any atom is 0.233 e. The highest BCUT2D eigenvalue weighted by Crippen LogP contribution is 2.27. The molecule has 1 fully saturated rings. The average molecular weight is 213 g/mol. The molecule has 0 aromatic heterocycles. The molecule has 0 aromatic rings. The topological polar surface area (TPSA) is 87.7 Å². The molecule has 5 nitrogen and oxygen atoms in total. The zero-order valence-electron chi connectivity index (χ0n) is 9.45. The number of amides is 1. The van der Waals surface area contributed by atoms with Gasteiger partial charge in [-0.2, -0.15) is 0 Å². The molecule has 1 aliphatic rings. The minimum Gasteiger partial charge on any atom is -0.409 e. The fourth-order valence-corrected chi connectivity index (χ4v) is 1.63. The summed E-state index contributed by atoms with van der Waals surface area (Å²) >= 11 is 0. The van der Waals surface area contributed by atoms with Crippen LogP contribution >= 0.6 is 0 Å². The van der Waals surface area contributed by atoms with E-state index in [0.29, 0.717) is 5.92 Å². The van der Waals surface area contributed by atoms with Crippen molar-refractivity contribution in [3.63, 3.8) is 0 Å². The van der Waals surface area contributed by atoms with Crippen molar-refractivity contribution in [2.24, 2.45) is 22.2 Å². The molecule has 1 amide bonds. The molecule has 15 heavy (non-hydrogen) atoms. The Bertz CT molecular complexity index is 280. The Morgan fingerprint density at radius 3 is 2.47 bits per heavy atom. The van der Waals surface area contributed by atoms with Crippen molar-refractivity contribution in [1.29, 1.82) is 0 Å². The van der Waals surface area contributed by atoms with Crippen molar-refractivity contribution in [1.82, 2.24) is 5.32 Å². The van der Waals surface area contributed by atoms with Gasteiger partial charge in [0.2, 0.25) is 5.91 Å². The van der Waals surface area contributed by atoms with E-state index in [0.717, 1.165) is 12.8 Å². The van der Waals surface area contributed by atoms with Gasteiger partial charge >= 0.3 is 0 Å². The number of nitrogens with two attached hydrogens (primary N) is 1. The van der Waals surface area contributed by atoms with Gasteiger partial charge in [-0.3, -0.25) is 4.79 Å². The number of oxime groups is 1. The summed E-state index contributed by atoms with van der Waals surface area (Å²) in [4.78, 5) is 11.8. The molecule has 0 radical (unpaired) electrons. The standard InChI is InChI=1S/C10H19N3O2/c1-6-4-7(5-6)12-9(14)10(2,3)8(11)13-15/h6-7,15H,4-5H2,1-3H3,(H2,11,13)(H,12,14). The fourth-order valence-electron chi connectivity index (χ4n) is 1.63. The van der Waals surface area contributed by atoms with Gasteiger partial charge in [-0.15, -0.1) is 0 Å². The fraction of sp³-hybridized carbons (Fsp3) is 0.800. The van der Waals surface area contributed by atoms with Gasteiger partial charge in [0.25, 0.3) is 0 Å². The van der Waals surface area contributed by atoms with E-state index in [1.807, 2.05) is 0 Å². The molecule has 1 aliphatic carbocycles. The second kappa shape index (κ2) is 4.08. The summed E-state index contributed by atoms with van der Waals surface area (Å²) in [6, 6.07) is 0.248. The molecule has 0 aliphatic heterocycles. The number of carbonyl (C=O) groups excluding carboxylic acids is 1. The van der Waals surface area contributed by atoms with Crippen LogP contribution in [-0.4, -0.2) is 23.0 Å². The minimum absolute atomic E-state index is 0.0626. The highest BCUT2D eigenvalue weighted by molar-refractivity contribution is 6.05. The van der Waals surface area contributed by atoms with Crippen LogP contribution in [-0.2, 0) is 4.79 Å². The summed E-state index contributed by atoms with van der Waals surface area (Å²) < 4.78 is 0. The number of nitrogens with one attached hydrogen (secondary N) is 1. The molecule has 5 heteroatoms. The highest BCUT2D eigenvalue weighted by Gasteiger charge is 2.36. The molecular weight excluding hydrogens is 194 g/mol. The average Bonchev–Trinajstić information content (AvgIpc) is 2.13. The quantitative estimate of drug-likeness (QED) is 0.279. The molecule has 4 N–H and O–H groups in total. The Balaban J connectivity index is 2.53. The third kappa shape index (κ3) is 2.40. The van der Waals surface area contributed by atoms with Gasteiger partial charge in [0, 0.05) is 6.04 Å². The molecule has 0 saturated heterocycles. The van der Waals surface area contributed by atoms with Gasteiger partial charge in [-0.25, -0.2) is 0 Å². The molecule has 0 unspecified atom stereocenters. The maximum atomic E-state index is 11.8. The molecule has 0 aromatic carbocycles. The third-order valence-electron chi connectivity index (χ3n) is 3.02. The number of hydrogen-bond donors (Lipinski definition) is 3. The van der Waals surface area contributed by atoms with E-state index in [4.69, 9.17) is 10.9 Å². The van der Waals surface area contributed by atoms with Crippen LogP contribution in [0.5, 0.6) is 0 Å². The molecule has 0 atom stereocenters. The van der Waals surface area contributed by atoms with Gasteiger partial charge in [0.05, 0.1) is 0 Å². The van der Waals surface area contributed by atoms with E-state index in [1.165, 1.54) is 0 Å². The summed E-state index contributed by atoms with van der Waals surface area (Å²) in [5.74, 6) is 0.435. The van der Waals surface area contributed by atoms with Crippen molar-refractivity contribution in [2.75, 3.05) is 0 Å². The van der Waals surface area contributed by atoms with Crippen LogP contribution in [0.4, 0.5) is 0 Å². The highest BCUT2D eigenvalue weighted by atomic mass is 16.4. The van der Waals surface area contributed by atoms with Crippen LogP contribution in [0.3, 0.4) is 0 Å². The van der Waals surface area contributed by atoms with Crippen LogP contribution in [0, 0.1) is 11.3 Å². The number of carbonyl (C=O) groups is 1. The van der Waals surface area contributed by atoms with Crippen molar-refractivity contribution in [2.45, 2.75) is 39.7 Å². The predicted octanol–water partition coefficient (Wildman–Crippen LogP) is 0.674. The van der Waals surface area contributed by atoms with Crippen LogP contribution < -0.4 is 11.1 Å². The normalized spacial score (nSPS) is 27.0. The van der Waals surface area contributed by atoms with Gasteiger partial charge in [-0.1, -0.05) is 12.1 Å². The zero-order valence-corrected chi connectivity index (χ0v) is 9.45. The third-order valence-corrected chi connectivity index (χ3v) is 3.02. The van der Waals surface area contributed by atoms with Crippen molar-refractivity contribution >= 4 is 11.7 Å². The number of rotatable bonds is 3. The molecule has 0 spiro atoms. The Morgan fingerprint density at radius 1 is 1.53 bits per heavy atom. The first kappa shape index (κ1) is 11.8. The van der Waals surface area contributed by atoms with E-state index in [1.54, 1.807) is 13.8 Å². The second-order valence-corrected chi connectivity index (χ2v) is 4.86. The van der Waals surface area contributed by atoms with Gasteiger partial charge in [0.1, 0.15) is 5.41 Å². The summed E-state index contributed by atoms with van der Waals surface area (Å²) in [5, 5.41) is 14.3. The monoisotopic (exact) mass is 213 g/mol. The van der Waals surface area contributed by atoms with E-state index in [-0.39, 0.29) is 17.8 Å². The number of amidine groups is 1. The van der Waals surface area contributed by atoms with Crippen molar-refractivity contribution < 1.29 is 10.0 Å². The lowest BCUT2D eigenvalue weighted by Gasteiger charge is -2.35. The molecule has 86 valence electrons. The van der Waals surface area contributed by atoms with Crippen LogP contribution in [0.15, 0.2) is 5.16 Å². The van der Waals surface area contributed by atoms with E-state index in [9.17, 15) is 4.79 Å². The van der Waals surface area contributed by atoms with Gasteiger partial charge in [-0.05, 0) is 32.6 Å². The number of hydrogen-bond acceptors (Lipinski definition) is 3. The maximum absolute atomic E-state index is 11.8. The Hall–Kier alpha value is -1.26. The molecule has 0 heterocycles. The first-order valence-corrected chi connectivity index (χ1v) is 5.17. The van der Waals surface area contributed by atoms with E-state index >= 15 is 0 Å². The van der Waals surface area contributed by atoms with E-state index in [2.05, 4.69) is 17.4 Å². The molecule has 0 bridgehead atoms. The summed E-state index contributed by atoms with van der Waals surface area (Å²) in [7, 11) is 0. The number of nitrogens with zero attached hydrogens (tertiary/aromatic N) is 1. The molecule has 1 saturated carbocycles. The first-order chi connectivity index (χ1) is 6.87. The molecular formula is C10H19N3O2. The van der Waals surface area contributed by atoms with Gasteiger partial charge < -0.3 is 16.3 Å². The minimum atomic E-state index is -0.951. The van der Waals surface area contributed by atoms with E-state index < -0.39 is 5.41 Å². The predicted molar refractivity (Wildman–Crippen MR) is 57.5 cm³/mol. The van der Waals surface area contributed by atoms with Crippen molar-refractivity contribution in [3.05, 3.63) is 0 Å². The Labute approximate surface area is 89.7 Å². The molecule has 1 rings (SSSR count). The van der Waals surface area contributed by atoms with Gasteiger partial charge in [0.15, 0.2) is 5.84 Å². The SMILES string of the molecule is CC1CC(NC(=O)C(C)(C)C(N)=NO)C1. The summed E-state index contributed by atoms with van der Waals surface area (Å²) in [6.07, 6.45) is 2.02. The first-order valence-electron chi connectivity index (χ1n) is 5.17. The largest absolute Gasteiger partial charge is 0.409 e. The second-order valence-electron chi connectivity index (χ2n) is 4.86. The lowest BCUT2D eigenvalue weighted by Crippen LogP contribution is -2.52. The lowest BCUT2D eigenvalue weighted by atomic mass is 9.80. The van der Waals surface area contributed by atoms with Crippen LogP contribution in [0.1, 0.15) is 33.6 Å². The lowest BCUT2D eigenvalue weighted by molar-refractivity contribution is -0.127. The zero-order chi connectivity index (χ0) is 11.6. The summed E-state index contributed by atoms with van der Waals surface area (Å²) in [6.45, 7) is 5.43. The smallest absolute Gasteiger partial charge is 0.233 e. The van der Waals surface area contributed by atoms with Crippen LogP contribution in [0.25, 0.3) is 0 Å².